The second kappa shape index (κ2) is 18.1. The van der Waals surface area contributed by atoms with Crippen LogP contribution in [0.3, 0.4) is 0 Å². The zero-order valence-electron chi connectivity index (χ0n) is 38.7. The molecular weight excluding hydrogens is 865 g/mol. The highest BCUT2D eigenvalue weighted by Crippen LogP contribution is 2.67. The Kier molecular flexibility index (Phi) is 12.8. The van der Waals surface area contributed by atoms with E-state index in [-0.39, 0.29) is 43.0 Å². The van der Waals surface area contributed by atoms with Crippen molar-refractivity contribution >= 4 is 41.6 Å². The monoisotopic (exact) mass is 920 g/mol. The minimum atomic E-state index is -1.99. The number of esters is 4. The molecule has 2 saturated carbocycles. The van der Waals surface area contributed by atoms with Crippen molar-refractivity contribution in [1.82, 2.24) is 0 Å². The lowest BCUT2D eigenvalue weighted by Gasteiger charge is -2.67. The molecule has 5 aliphatic rings. The molecule has 67 heavy (non-hydrogen) atoms. The molecule has 3 aromatic rings. The van der Waals surface area contributed by atoms with Crippen LogP contribution in [-0.4, -0.2) is 96.0 Å². The van der Waals surface area contributed by atoms with E-state index in [1.807, 2.05) is 60.7 Å². The van der Waals surface area contributed by atoms with Gasteiger partial charge in [0.15, 0.2) is 41.1 Å². The van der Waals surface area contributed by atoms with Gasteiger partial charge in [0.1, 0.15) is 18.3 Å². The molecule has 2 aliphatic heterocycles. The number of hydrogen-bond acceptors (Lipinski definition) is 15. The Balaban J connectivity index is 1.19. The largest absolute Gasteiger partial charge is 0.509 e. The highest BCUT2D eigenvalue weighted by Gasteiger charge is 2.83. The molecule has 0 aromatic heterocycles. The molecule has 3 aliphatic carbocycles. The number of carbonyl (C=O) groups is 7. The van der Waals surface area contributed by atoms with Crippen LogP contribution in [-0.2, 0) is 74.9 Å². The standard InChI is InChI=1S/C52H56O15/c1-29-40-43(63-31(3)54)45(58)50(7)37(64-39(56)21-15-14-16-33-22-24-36(25-23-33)41(57)35-19-12-9-13-20-35)26-38-51(28-61-38,66-32(4)55)44(50)47(60-27-34-17-10-8-11-18-34)52(49(40,5)6)46(65-48(59)67-52)42(29)62-30(2)53/h8-13,17-20,22-25,37-38,42-44,46-47H,14-16,21,26-28H2,1-7H3/t37-,38+,42+,43+,44-,46-,47-,50+,51-,52+/m0/s1. The van der Waals surface area contributed by atoms with Crippen molar-refractivity contribution in [2.24, 2.45) is 16.7 Å². The first-order valence-corrected chi connectivity index (χ1v) is 22.7. The fourth-order valence-corrected chi connectivity index (χ4v) is 11.6. The van der Waals surface area contributed by atoms with Gasteiger partial charge in [0.25, 0.3) is 0 Å². The van der Waals surface area contributed by atoms with Crippen molar-refractivity contribution in [3.8, 4) is 0 Å². The van der Waals surface area contributed by atoms with Crippen LogP contribution in [0.1, 0.15) is 101 Å². The van der Waals surface area contributed by atoms with Crippen molar-refractivity contribution in [2.75, 3.05) is 6.61 Å². The Morgan fingerprint density at radius 1 is 0.746 bits per heavy atom. The normalized spacial score (nSPS) is 31.2. The number of hydrogen-bond donors (Lipinski definition) is 0. The lowest BCUT2D eigenvalue weighted by Crippen LogP contribution is -2.83. The van der Waals surface area contributed by atoms with Gasteiger partial charge in [-0.2, -0.15) is 0 Å². The SMILES string of the molecule is CC(=O)O[C@H]1C(=O)[C@]2(C)[C@@H](OC(=O)CCCCc3ccc(C(=O)c4ccccc4)cc3)C[C@H]3OC[C@@]3(OC(C)=O)[C@H]2[C@H](OCc2ccccc2)[C@]23OC(=O)O[C@H]2[C@H](OC(C)=O)C(C)=C1C3(C)C. The quantitative estimate of drug-likeness (QED) is 0.0531. The second-order valence-electron chi connectivity index (χ2n) is 18.9. The maximum absolute atomic E-state index is 16.1. The van der Waals surface area contributed by atoms with Gasteiger partial charge in [0, 0.05) is 50.2 Å². The minimum Gasteiger partial charge on any atom is -0.461 e. The number of aryl methyl sites for hydroxylation is 1. The highest BCUT2D eigenvalue weighted by molar-refractivity contribution is 6.09. The van der Waals surface area contributed by atoms with Gasteiger partial charge in [0.2, 0.25) is 0 Å². The van der Waals surface area contributed by atoms with Gasteiger partial charge in [-0.15, -0.1) is 0 Å². The number of benzene rings is 3. The molecule has 2 bridgehead atoms. The van der Waals surface area contributed by atoms with Crippen molar-refractivity contribution < 1.29 is 71.5 Å². The summed E-state index contributed by atoms with van der Waals surface area (Å²) in [7, 11) is 0. The smallest absolute Gasteiger partial charge is 0.461 e. The highest BCUT2D eigenvalue weighted by atomic mass is 16.8. The van der Waals surface area contributed by atoms with Crippen molar-refractivity contribution in [3.63, 3.8) is 0 Å². The van der Waals surface area contributed by atoms with Gasteiger partial charge in [-0.3, -0.25) is 28.8 Å². The van der Waals surface area contributed by atoms with Crippen LogP contribution in [0, 0.1) is 16.7 Å². The van der Waals surface area contributed by atoms with Crippen molar-refractivity contribution in [2.45, 2.75) is 135 Å². The van der Waals surface area contributed by atoms with Gasteiger partial charge in [-0.1, -0.05) is 98.8 Å². The third-order valence-corrected chi connectivity index (χ3v) is 14.6. The Bertz CT molecular complexity index is 2480. The van der Waals surface area contributed by atoms with Gasteiger partial charge in [-0.05, 0) is 55.4 Å². The van der Waals surface area contributed by atoms with E-state index < -0.39 is 100 Å². The van der Waals surface area contributed by atoms with Gasteiger partial charge in [-0.25, -0.2) is 4.79 Å². The third kappa shape index (κ3) is 8.13. The summed E-state index contributed by atoms with van der Waals surface area (Å²) in [5.41, 5.74) is -3.77. The van der Waals surface area contributed by atoms with Crippen molar-refractivity contribution in [1.29, 1.82) is 0 Å². The molecule has 354 valence electrons. The van der Waals surface area contributed by atoms with Crippen LogP contribution in [0.4, 0.5) is 4.79 Å². The van der Waals surface area contributed by atoms with E-state index in [4.69, 9.17) is 37.9 Å². The van der Waals surface area contributed by atoms with Gasteiger partial charge >= 0.3 is 30.0 Å². The minimum absolute atomic E-state index is 0.0310. The summed E-state index contributed by atoms with van der Waals surface area (Å²) in [4.78, 5) is 96.4. The molecule has 3 aromatic carbocycles. The Morgan fingerprint density at radius 3 is 2.00 bits per heavy atom. The molecule has 1 spiro atoms. The zero-order valence-corrected chi connectivity index (χ0v) is 38.7. The molecule has 2 saturated heterocycles. The number of rotatable bonds is 14. The second-order valence-corrected chi connectivity index (χ2v) is 18.9. The van der Waals surface area contributed by atoms with Crippen molar-refractivity contribution in [3.05, 3.63) is 118 Å². The number of unbranched alkanes of at least 4 members (excludes halogenated alkanes) is 1. The van der Waals surface area contributed by atoms with Crippen LogP contribution in [0.15, 0.2) is 96.1 Å². The van der Waals surface area contributed by atoms with Crippen LogP contribution < -0.4 is 0 Å². The van der Waals surface area contributed by atoms with Crippen LogP contribution >= 0.6 is 0 Å². The lowest BCUT2D eigenvalue weighted by molar-refractivity contribution is -0.351. The molecule has 10 atom stereocenters. The molecule has 8 rings (SSSR count). The Morgan fingerprint density at radius 2 is 1.39 bits per heavy atom. The predicted octanol–water partition coefficient (Wildman–Crippen LogP) is 6.93. The van der Waals surface area contributed by atoms with E-state index in [0.717, 1.165) is 12.5 Å². The average Bonchev–Trinajstić information content (AvgIpc) is 3.65. The maximum Gasteiger partial charge on any atom is 0.509 e. The Hall–Kier alpha value is -6.19. The third-order valence-electron chi connectivity index (χ3n) is 14.6. The lowest BCUT2D eigenvalue weighted by atomic mass is 9.44. The fourth-order valence-electron chi connectivity index (χ4n) is 11.6. The molecule has 15 nitrogen and oxygen atoms in total. The molecule has 4 fully saturated rings. The van der Waals surface area contributed by atoms with E-state index in [1.54, 1.807) is 52.0 Å². The average molecular weight is 921 g/mol. The summed E-state index contributed by atoms with van der Waals surface area (Å²) in [6.07, 6.45) is -7.79. The van der Waals surface area contributed by atoms with Gasteiger partial charge in [0.05, 0.1) is 24.5 Å². The first-order valence-electron chi connectivity index (χ1n) is 22.7. The van der Waals surface area contributed by atoms with E-state index in [9.17, 15) is 28.8 Å². The van der Waals surface area contributed by atoms with Crippen LogP contribution in [0.25, 0.3) is 0 Å². The molecular formula is C52H56O15. The van der Waals surface area contributed by atoms with E-state index in [0.29, 0.717) is 36.0 Å². The maximum atomic E-state index is 16.1. The first-order chi connectivity index (χ1) is 31.8. The summed E-state index contributed by atoms with van der Waals surface area (Å²) in [6.45, 7) is 9.84. The summed E-state index contributed by atoms with van der Waals surface area (Å²) in [5.74, 6) is -5.02. The fraction of sp³-hybridized carbons (Fsp3) is 0.481. The molecule has 0 N–H and O–H groups in total. The number of Topliss-reactive ketones (excluding diaryl/α,β-unsaturated/α-hetero) is 1. The number of ketones is 2. The summed E-state index contributed by atoms with van der Waals surface area (Å²) in [5, 5.41) is 0. The van der Waals surface area contributed by atoms with Gasteiger partial charge < -0.3 is 37.9 Å². The van der Waals surface area contributed by atoms with E-state index in [1.165, 1.54) is 13.8 Å². The Labute approximate surface area is 388 Å². The van der Waals surface area contributed by atoms with Crippen LogP contribution in [0.2, 0.25) is 0 Å². The number of carbonyl (C=O) groups excluding carboxylic acids is 7. The molecule has 2 heterocycles. The molecule has 0 amide bonds. The molecule has 0 unspecified atom stereocenters. The topological polar surface area (TPSA) is 193 Å². The predicted molar refractivity (Wildman–Crippen MR) is 236 cm³/mol. The van der Waals surface area contributed by atoms with E-state index >= 15 is 4.79 Å². The number of fused-ring (bicyclic) bond motifs is 4. The first kappa shape index (κ1) is 47.3. The molecule has 15 heteroatoms. The number of ether oxygens (including phenoxy) is 8. The summed E-state index contributed by atoms with van der Waals surface area (Å²) >= 11 is 0. The van der Waals surface area contributed by atoms with E-state index in [2.05, 4.69) is 0 Å². The molecule has 0 radical (unpaired) electrons. The summed E-state index contributed by atoms with van der Waals surface area (Å²) < 4.78 is 50.4. The van der Waals surface area contributed by atoms with Crippen LogP contribution in [0.5, 0.6) is 0 Å². The summed E-state index contributed by atoms with van der Waals surface area (Å²) in [6, 6.07) is 25.5. The zero-order chi connectivity index (χ0) is 48.1.